The molecule has 21 heavy (non-hydrogen) atoms. The lowest BCUT2D eigenvalue weighted by Gasteiger charge is -2.30. The maximum Gasteiger partial charge on any atom is 0.115 e. The minimum atomic E-state index is 0.0509. The van der Waals surface area contributed by atoms with E-state index in [0.717, 1.165) is 29.9 Å². The Labute approximate surface area is 127 Å². The number of methoxy groups -OCH3 is 1. The third kappa shape index (κ3) is 3.43. The highest BCUT2D eigenvalue weighted by Gasteiger charge is 2.28. The van der Waals surface area contributed by atoms with Crippen molar-refractivity contribution in [3.05, 3.63) is 42.0 Å². The molecule has 0 unspecified atom stereocenters. The van der Waals surface area contributed by atoms with Gasteiger partial charge in [0.15, 0.2) is 0 Å². The van der Waals surface area contributed by atoms with E-state index in [2.05, 4.69) is 43.7 Å². The van der Waals surface area contributed by atoms with Crippen molar-refractivity contribution in [2.75, 3.05) is 7.11 Å². The largest absolute Gasteiger partial charge is 0.497 e. The average molecular weight is 287 g/mol. The van der Waals surface area contributed by atoms with Crippen LogP contribution in [0.4, 0.5) is 0 Å². The molecule has 0 N–H and O–H groups in total. The second kappa shape index (κ2) is 5.88. The fourth-order valence-corrected chi connectivity index (χ4v) is 2.93. The van der Waals surface area contributed by atoms with Gasteiger partial charge in [0, 0.05) is 0 Å². The summed E-state index contributed by atoms with van der Waals surface area (Å²) < 4.78 is 7.24. The first kappa shape index (κ1) is 15.5. The molecule has 4 nitrogen and oxygen atoms in total. The number of nitrogens with zero attached hydrogens (tertiary/aromatic N) is 3. The summed E-state index contributed by atoms with van der Waals surface area (Å²) in [5.41, 5.74) is 3.24. The van der Waals surface area contributed by atoms with Crippen LogP contribution in [0.25, 0.3) is 5.57 Å². The molecule has 0 fully saturated rings. The quantitative estimate of drug-likeness (QED) is 0.781. The standard InChI is InChI=1S/C17H25N3O/c1-12(2)16(17(3,4)5)20-11-15(18-19-20)13-8-7-9-14(10-13)21-6/h9-11,16H,1,7-8H2,2-6H3/t16-/m1/s1. The van der Waals surface area contributed by atoms with E-state index < -0.39 is 0 Å². The molecule has 1 aliphatic rings. The summed E-state index contributed by atoms with van der Waals surface area (Å²) in [7, 11) is 1.69. The minimum absolute atomic E-state index is 0.0509. The van der Waals surface area contributed by atoms with Crippen LogP contribution in [0.1, 0.15) is 52.3 Å². The number of rotatable bonds is 4. The van der Waals surface area contributed by atoms with E-state index in [1.54, 1.807) is 7.11 Å². The van der Waals surface area contributed by atoms with Gasteiger partial charge in [-0.1, -0.05) is 38.1 Å². The van der Waals surface area contributed by atoms with Crippen molar-refractivity contribution in [1.29, 1.82) is 0 Å². The highest BCUT2D eigenvalue weighted by molar-refractivity contribution is 5.65. The van der Waals surface area contributed by atoms with Crippen LogP contribution in [-0.4, -0.2) is 22.1 Å². The predicted molar refractivity (Wildman–Crippen MR) is 85.6 cm³/mol. The van der Waals surface area contributed by atoms with Crippen LogP contribution in [0.3, 0.4) is 0 Å². The Balaban J connectivity index is 2.32. The molecule has 2 rings (SSSR count). The monoisotopic (exact) mass is 287 g/mol. The van der Waals surface area contributed by atoms with Crippen molar-refractivity contribution in [2.24, 2.45) is 5.41 Å². The van der Waals surface area contributed by atoms with Gasteiger partial charge in [-0.15, -0.1) is 5.10 Å². The maximum atomic E-state index is 5.31. The summed E-state index contributed by atoms with van der Waals surface area (Å²) in [6, 6.07) is 0.139. The Kier molecular flexibility index (Phi) is 4.35. The van der Waals surface area contributed by atoms with Crippen LogP contribution in [0.2, 0.25) is 0 Å². The Morgan fingerprint density at radius 1 is 1.43 bits per heavy atom. The molecule has 4 heteroatoms. The lowest BCUT2D eigenvalue weighted by molar-refractivity contribution is 0.258. The zero-order chi connectivity index (χ0) is 15.6. The first-order valence-corrected chi connectivity index (χ1v) is 7.35. The Hall–Kier alpha value is -1.84. The fraction of sp³-hybridized carbons (Fsp3) is 0.529. The number of ether oxygens (including phenoxy) is 1. The van der Waals surface area contributed by atoms with E-state index in [9.17, 15) is 0 Å². The van der Waals surface area contributed by atoms with E-state index in [-0.39, 0.29) is 11.5 Å². The molecule has 1 aromatic rings. The second-order valence-electron chi connectivity index (χ2n) is 6.72. The zero-order valence-corrected chi connectivity index (χ0v) is 13.7. The first-order chi connectivity index (χ1) is 9.82. The summed E-state index contributed by atoms with van der Waals surface area (Å²) in [5.74, 6) is 0.901. The summed E-state index contributed by atoms with van der Waals surface area (Å²) in [5, 5.41) is 8.68. The summed E-state index contributed by atoms with van der Waals surface area (Å²) in [4.78, 5) is 0. The van der Waals surface area contributed by atoms with Crippen LogP contribution in [0.5, 0.6) is 0 Å². The molecule has 1 aromatic heterocycles. The molecule has 0 aromatic carbocycles. The van der Waals surface area contributed by atoms with Crippen molar-refractivity contribution in [3.8, 4) is 0 Å². The van der Waals surface area contributed by atoms with E-state index >= 15 is 0 Å². The molecule has 114 valence electrons. The molecule has 0 amide bonds. The zero-order valence-electron chi connectivity index (χ0n) is 13.7. The van der Waals surface area contributed by atoms with Crippen molar-refractivity contribution < 1.29 is 4.74 Å². The molecule has 1 aliphatic carbocycles. The van der Waals surface area contributed by atoms with Crippen LogP contribution in [0.15, 0.2) is 36.3 Å². The van der Waals surface area contributed by atoms with Crippen molar-refractivity contribution in [1.82, 2.24) is 15.0 Å². The highest BCUT2D eigenvalue weighted by Crippen LogP contribution is 2.35. The molecular weight excluding hydrogens is 262 g/mol. The van der Waals surface area contributed by atoms with Gasteiger partial charge in [-0.05, 0) is 42.9 Å². The van der Waals surface area contributed by atoms with Crippen LogP contribution >= 0.6 is 0 Å². The first-order valence-electron chi connectivity index (χ1n) is 7.35. The maximum absolute atomic E-state index is 5.31. The molecule has 0 saturated heterocycles. The van der Waals surface area contributed by atoms with Gasteiger partial charge >= 0.3 is 0 Å². The van der Waals surface area contributed by atoms with Gasteiger partial charge in [0.2, 0.25) is 0 Å². The van der Waals surface area contributed by atoms with Crippen LogP contribution in [0, 0.1) is 5.41 Å². The summed E-state index contributed by atoms with van der Waals surface area (Å²) in [6.45, 7) is 12.7. The smallest absolute Gasteiger partial charge is 0.115 e. The van der Waals surface area contributed by atoms with Crippen LogP contribution < -0.4 is 0 Å². The van der Waals surface area contributed by atoms with Gasteiger partial charge in [-0.25, -0.2) is 4.68 Å². The predicted octanol–water partition coefficient (Wildman–Crippen LogP) is 4.15. The Morgan fingerprint density at radius 3 is 2.71 bits per heavy atom. The number of hydrogen-bond acceptors (Lipinski definition) is 3. The lowest BCUT2D eigenvalue weighted by atomic mass is 9.83. The molecule has 0 bridgehead atoms. The molecule has 0 saturated carbocycles. The average Bonchev–Trinajstić information content (AvgIpc) is 2.86. The Morgan fingerprint density at radius 2 is 2.14 bits per heavy atom. The van der Waals surface area contributed by atoms with Crippen LogP contribution in [-0.2, 0) is 4.74 Å². The van der Waals surface area contributed by atoms with E-state index in [0.29, 0.717) is 0 Å². The second-order valence-corrected chi connectivity index (χ2v) is 6.72. The number of hydrogen-bond donors (Lipinski definition) is 0. The highest BCUT2D eigenvalue weighted by atomic mass is 16.5. The van der Waals surface area contributed by atoms with E-state index in [1.807, 2.05) is 23.9 Å². The molecule has 0 radical (unpaired) electrons. The molecule has 1 heterocycles. The van der Waals surface area contributed by atoms with Crippen molar-refractivity contribution in [3.63, 3.8) is 0 Å². The fourth-order valence-electron chi connectivity index (χ4n) is 2.93. The van der Waals surface area contributed by atoms with Gasteiger partial charge in [0.25, 0.3) is 0 Å². The van der Waals surface area contributed by atoms with Gasteiger partial charge in [0.1, 0.15) is 11.5 Å². The third-order valence-corrected chi connectivity index (χ3v) is 3.70. The summed E-state index contributed by atoms with van der Waals surface area (Å²) in [6.07, 6.45) is 8.11. The van der Waals surface area contributed by atoms with Gasteiger partial charge in [0.05, 0.1) is 19.3 Å². The lowest BCUT2D eigenvalue weighted by Crippen LogP contribution is -2.25. The SMILES string of the molecule is C=C(C)[C@@H](n1cc(C2=CC(OC)=CCC2)nn1)C(C)(C)C. The van der Waals surface area contributed by atoms with E-state index in [4.69, 9.17) is 4.74 Å². The van der Waals surface area contributed by atoms with Crippen molar-refractivity contribution in [2.45, 2.75) is 46.6 Å². The number of allylic oxidation sites excluding steroid dienone is 4. The molecular formula is C17H25N3O. The van der Waals surface area contributed by atoms with E-state index in [1.165, 1.54) is 5.57 Å². The Bertz CT molecular complexity index is 587. The molecule has 0 aliphatic heterocycles. The van der Waals surface area contributed by atoms with Gasteiger partial charge in [-0.2, -0.15) is 0 Å². The normalized spacial score (nSPS) is 17.0. The molecule has 1 atom stereocenters. The topological polar surface area (TPSA) is 39.9 Å². The third-order valence-electron chi connectivity index (χ3n) is 3.70. The molecule has 0 spiro atoms. The summed E-state index contributed by atoms with van der Waals surface area (Å²) >= 11 is 0. The van der Waals surface area contributed by atoms with Crippen molar-refractivity contribution >= 4 is 5.57 Å². The van der Waals surface area contributed by atoms with Gasteiger partial charge < -0.3 is 4.74 Å². The van der Waals surface area contributed by atoms with Gasteiger partial charge in [-0.3, -0.25) is 0 Å². The number of aromatic nitrogens is 3. The minimum Gasteiger partial charge on any atom is -0.497 e.